The Hall–Kier alpha value is -3.03. The number of benzene rings is 1. The smallest absolute Gasteiger partial charge is 0.416 e. The van der Waals surface area contributed by atoms with Crippen LogP contribution in [0.15, 0.2) is 48.1 Å². The summed E-state index contributed by atoms with van der Waals surface area (Å²) in [6, 6.07) is 1.82. The molecule has 0 spiro atoms. The normalized spacial score (nSPS) is 18.2. The molecule has 5 nitrogen and oxygen atoms in total. The number of carboxylic acid groups (broad SMARTS) is 1. The first kappa shape index (κ1) is 20.3. The van der Waals surface area contributed by atoms with Gasteiger partial charge in [0.1, 0.15) is 0 Å². The van der Waals surface area contributed by atoms with Crippen molar-refractivity contribution in [3.05, 3.63) is 59.2 Å². The number of rotatable bonds is 4. The number of amides is 1. The topological polar surface area (TPSA) is 78.4 Å². The van der Waals surface area contributed by atoms with Crippen molar-refractivity contribution in [3.63, 3.8) is 0 Å². The highest BCUT2D eigenvalue weighted by molar-refractivity contribution is 5.97. The van der Waals surface area contributed by atoms with Gasteiger partial charge in [-0.05, 0) is 37.6 Å². The van der Waals surface area contributed by atoms with E-state index in [1.165, 1.54) is 31.2 Å². The quantitative estimate of drug-likeness (QED) is 0.538. The lowest BCUT2D eigenvalue weighted by molar-refractivity contribution is -0.138. The maximum absolute atomic E-state index is 13.1. The van der Waals surface area contributed by atoms with Gasteiger partial charge in [-0.15, -0.1) is 0 Å². The van der Waals surface area contributed by atoms with E-state index in [9.17, 15) is 22.8 Å². The molecule has 0 radical (unpaired) electrons. The third kappa shape index (κ3) is 5.22. The van der Waals surface area contributed by atoms with Crippen LogP contribution in [-0.4, -0.2) is 23.0 Å². The van der Waals surface area contributed by atoms with Gasteiger partial charge in [-0.25, -0.2) is 4.79 Å². The number of carbonyl (C=O) groups is 2. The average molecular weight is 380 g/mol. The number of allylic oxidation sites excluding steroid dienone is 3. The number of anilines is 2. The van der Waals surface area contributed by atoms with E-state index in [1.54, 1.807) is 19.1 Å². The van der Waals surface area contributed by atoms with E-state index in [2.05, 4.69) is 10.6 Å². The van der Waals surface area contributed by atoms with Crippen molar-refractivity contribution in [2.24, 2.45) is 0 Å². The monoisotopic (exact) mass is 380 g/mol. The summed E-state index contributed by atoms with van der Waals surface area (Å²) in [6.45, 7) is 2.96. The number of aryl methyl sites for hydroxylation is 1. The van der Waals surface area contributed by atoms with Crippen molar-refractivity contribution < 1.29 is 27.9 Å². The highest BCUT2D eigenvalue weighted by atomic mass is 19.4. The van der Waals surface area contributed by atoms with Crippen molar-refractivity contribution in [2.45, 2.75) is 32.5 Å². The zero-order valence-electron chi connectivity index (χ0n) is 14.7. The van der Waals surface area contributed by atoms with E-state index in [0.29, 0.717) is 5.69 Å². The van der Waals surface area contributed by atoms with E-state index >= 15 is 0 Å². The van der Waals surface area contributed by atoms with Crippen LogP contribution in [0.5, 0.6) is 0 Å². The standard InChI is InChI=1S/C19H19F3N2O3/c1-3-12(18(26)27)6-4-5-7-13-9-17(25)24-16-10-14(19(20,21)22)11(2)8-15(16)23-13/h3-8,10,13,23H,9H2,1-2H3,(H,24,25)(H,26,27)/b6-4-,7-5+,12-3+. The number of carboxylic acids is 1. The van der Waals surface area contributed by atoms with E-state index in [-0.39, 0.29) is 23.2 Å². The zero-order valence-corrected chi connectivity index (χ0v) is 14.7. The predicted molar refractivity (Wildman–Crippen MR) is 96.5 cm³/mol. The molecule has 1 aliphatic heterocycles. The number of nitrogens with one attached hydrogen (secondary N) is 2. The molecule has 1 heterocycles. The first-order valence-corrected chi connectivity index (χ1v) is 8.14. The summed E-state index contributed by atoms with van der Waals surface area (Å²) >= 11 is 0. The average Bonchev–Trinajstić information content (AvgIpc) is 2.70. The van der Waals surface area contributed by atoms with Gasteiger partial charge in [0.15, 0.2) is 0 Å². The predicted octanol–water partition coefficient (Wildman–Crippen LogP) is 4.28. The Kier molecular flexibility index (Phi) is 6.09. The van der Waals surface area contributed by atoms with Gasteiger partial charge in [-0.2, -0.15) is 13.2 Å². The third-order valence-corrected chi connectivity index (χ3v) is 3.98. The molecule has 0 aromatic heterocycles. The van der Waals surface area contributed by atoms with Gasteiger partial charge in [0.05, 0.1) is 35.0 Å². The summed E-state index contributed by atoms with van der Waals surface area (Å²) in [5.41, 5.74) is -0.164. The molecular weight excluding hydrogens is 361 g/mol. The minimum atomic E-state index is -4.51. The number of aliphatic carboxylic acids is 1. The van der Waals surface area contributed by atoms with Gasteiger partial charge in [0.2, 0.25) is 5.91 Å². The van der Waals surface area contributed by atoms with Crippen LogP contribution in [0.3, 0.4) is 0 Å². The Morgan fingerprint density at radius 2 is 1.96 bits per heavy atom. The molecule has 1 aliphatic rings. The first-order valence-electron chi connectivity index (χ1n) is 8.14. The molecule has 1 aromatic carbocycles. The van der Waals surface area contributed by atoms with E-state index in [4.69, 9.17) is 5.11 Å². The number of carbonyl (C=O) groups excluding carboxylic acids is 1. The second-order valence-corrected chi connectivity index (χ2v) is 6.01. The van der Waals surface area contributed by atoms with Gasteiger partial charge in [0.25, 0.3) is 0 Å². The molecule has 1 atom stereocenters. The van der Waals surface area contributed by atoms with Crippen LogP contribution in [0.4, 0.5) is 24.5 Å². The Bertz CT molecular complexity index is 839. The minimum absolute atomic E-state index is 0.0226. The molecule has 0 bridgehead atoms. The molecule has 27 heavy (non-hydrogen) atoms. The van der Waals surface area contributed by atoms with Gasteiger partial charge in [-0.1, -0.05) is 24.3 Å². The Labute approximate surface area is 154 Å². The first-order chi connectivity index (χ1) is 12.6. The summed E-state index contributed by atoms with van der Waals surface area (Å²) in [4.78, 5) is 22.9. The molecule has 2 rings (SSSR count). The second kappa shape index (κ2) is 8.11. The number of halogens is 3. The van der Waals surface area contributed by atoms with E-state index in [0.717, 1.165) is 6.07 Å². The fraction of sp³-hybridized carbons (Fsp3) is 0.263. The van der Waals surface area contributed by atoms with E-state index < -0.39 is 29.7 Å². The second-order valence-electron chi connectivity index (χ2n) is 6.01. The molecular formula is C19H19F3N2O3. The number of alkyl halides is 3. The lowest BCUT2D eigenvalue weighted by Crippen LogP contribution is -2.20. The molecule has 3 N–H and O–H groups in total. The Morgan fingerprint density at radius 3 is 2.56 bits per heavy atom. The van der Waals surface area contributed by atoms with Gasteiger partial charge in [0, 0.05) is 0 Å². The SMILES string of the molecule is C\C=C(/C=C\C=C\C1CC(=O)Nc2cc(C(F)(F)F)c(C)cc2N1)C(=O)O. The van der Waals surface area contributed by atoms with Crippen LogP contribution < -0.4 is 10.6 Å². The summed E-state index contributed by atoms with van der Waals surface area (Å²) in [5.74, 6) is -1.48. The summed E-state index contributed by atoms with van der Waals surface area (Å²) in [5, 5.41) is 14.4. The van der Waals surface area contributed by atoms with Crippen molar-refractivity contribution in [3.8, 4) is 0 Å². The molecule has 0 saturated carbocycles. The molecule has 0 aliphatic carbocycles. The number of fused-ring (bicyclic) bond motifs is 1. The molecule has 1 aromatic rings. The summed E-state index contributed by atoms with van der Waals surface area (Å²) < 4.78 is 39.2. The fourth-order valence-corrected chi connectivity index (χ4v) is 2.65. The molecule has 8 heteroatoms. The van der Waals surface area contributed by atoms with Gasteiger partial charge < -0.3 is 15.7 Å². The van der Waals surface area contributed by atoms with Crippen molar-refractivity contribution in [1.29, 1.82) is 0 Å². The lowest BCUT2D eigenvalue weighted by Gasteiger charge is -2.17. The van der Waals surface area contributed by atoms with Crippen LogP contribution in [0.2, 0.25) is 0 Å². The highest BCUT2D eigenvalue weighted by Crippen LogP contribution is 2.38. The third-order valence-electron chi connectivity index (χ3n) is 3.98. The number of hydrogen-bond donors (Lipinski definition) is 3. The van der Waals surface area contributed by atoms with E-state index in [1.807, 2.05) is 0 Å². The molecule has 0 fully saturated rings. The molecule has 1 unspecified atom stereocenters. The lowest BCUT2D eigenvalue weighted by atomic mass is 10.1. The van der Waals surface area contributed by atoms with Gasteiger partial charge in [-0.3, -0.25) is 4.79 Å². The Morgan fingerprint density at radius 1 is 1.26 bits per heavy atom. The van der Waals surface area contributed by atoms with Crippen molar-refractivity contribution in [1.82, 2.24) is 0 Å². The van der Waals surface area contributed by atoms with Crippen LogP contribution >= 0.6 is 0 Å². The molecule has 0 saturated heterocycles. The summed E-state index contributed by atoms with van der Waals surface area (Å²) in [7, 11) is 0. The fourth-order valence-electron chi connectivity index (χ4n) is 2.65. The molecule has 1 amide bonds. The van der Waals surface area contributed by atoms with Crippen molar-refractivity contribution >= 4 is 23.3 Å². The van der Waals surface area contributed by atoms with Crippen LogP contribution in [0.1, 0.15) is 24.5 Å². The minimum Gasteiger partial charge on any atom is -0.478 e. The number of hydrogen-bond acceptors (Lipinski definition) is 3. The maximum atomic E-state index is 13.1. The van der Waals surface area contributed by atoms with Crippen LogP contribution in [-0.2, 0) is 15.8 Å². The van der Waals surface area contributed by atoms with Crippen LogP contribution in [0.25, 0.3) is 0 Å². The Balaban J connectivity index is 2.23. The zero-order chi connectivity index (χ0) is 20.2. The van der Waals surface area contributed by atoms with Gasteiger partial charge >= 0.3 is 12.1 Å². The largest absolute Gasteiger partial charge is 0.478 e. The maximum Gasteiger partial charge on any atom is 0.416 e. The molecule has 144 valence electrons. The van der Waals surface area contributed by atoms with Crippen molar-refractivity contribution in [2.75, 3.05) is 10.6 Å². The summed E-state index contributed by atoms with van der Waals surface area (Å²) in [6.07, 6.45) is 3.12. The highest BCUT2D eigenvalue weighted by Gasteiger charge is 2.34. The van der Waals surface area contributed by atoms with Crippen LogP contribution in [0, 0.1) is 6.92 Å².